The van der Waals surface area contributed by atoms with Gasteiger partial charge in [-0.1, -0.05) is 13.8 Å². The number of nitrogens with zero attached hydrogens (tertiary/aromatic N) is 1. The van der Waals surface area contributed by atoms with Crippen molar-refractivity contribution in [2.75, 3.05) is 13.6 Å². The molecule has 2 rings (SSSR count). The molecule has 2 fully saturated rings. The molecule has 0 saturated carbocycles. The third kappa shape index (κ3) is 1.57. The molecule has 3 atom stereocenters. The fourth-order valence-corrected chi connectivity index (χ4v) is 2.72. The number of likely N-dealkylation sites (tertiary alicyclic amines) is 1. The number of carbonyl (C=O) groups is 2. The second-order valence-corrected chi connectivity index (χ2v) is 5.01. The highest BCUT2D eigenvalue weighted by Crippen LogP contribution is 2.34. The lowest BCUT2D eigenvalue weighted by Gasteiger charge is -2.19. The Kier molecular flexibility index (Phi) is 2.54. The number of hydrogen-bond donors (Lipinski definition) is 1. The van der Waals surface area contributed by atoms with E-state index < -0.39 is 0 Å². The van der Waals surface area contributed by atoms with Crippen LogP contribution in [0.4, 0.5) is 0 Å². The van der Waals surface area contributed by atoms with E-state index in [1.165, 1.54) is 4.90 Å². The van der Waals surface area contributed by atoms with Gasteiger partial charge in [0, 0.05) is 19.6 Å². The van der Waals surface area contributed by atoms with Crippen molar-refractivity contribution in [3.63, 3.8) is 0 Å². The van der Waals surface area contributed by atoms with Gasteiger partial charge in [-0.25, -0.2) is 0 Å². The third-order valence-electron chi connectivity index (χ3n) is 3.46. The molecule has 2 heterocycles. The maximum absolute atomic E-state index is 11.9. The maximum atomic E-state index is 11.9. The first-order valence-corrected chi connectivity index (χ1v) is 5.57. The molecule has 0 aromatic heterocycles. The van der Waals surface area contributed by atoms with E-state index in [1.807, 2.05) is 0 Å². The Labute approximate surface area is 90.0 Å². The Morgan fingerprint density at radius 1 is 1.40 bits per heavy atom. The van der Waals surface area contributed by atoms with Crippen molar-refractivity contribution in [2.24, 2.45) is 17.8 Å². The SMILES string of the molecule is CC(C)C[C@@H]1NC[C@H]2C(=O)N(C)C(=O)[C@H]12. The summed E-state index contributed by atoms with van der Waals surface area (Å²) in [7, 11) is 1.59. The third-order valence-corrected chi connectivity index (χ3v) is 3.46. The number of imide groups is 1. The van der Waals surface area contributed by atoms with Crippen LogP contribution in [0.15, 0.2) is 0 Å². The Bertz CT molecular complexity index is 301. The minimum absolute atomic E-state index is 0.000602. The van der Waals surface area contributed by atoms with Gasteiger partial charge in [0.05, 0.1) is 11.8 Å². The molecule has 0 aliphatic carbocycles. The zero-order valence-corrected chi connectivity index (χ0v) is 9.49. The summed E-state index contributed by atoms with van der Waals surface area (Å²) in [5, 5.41) is 3.30. The van der Waals surface area contributed by atoms with E-state index >= 15 is 0 Å². The number of fused-ring (bicyclic) bond motifs is 1. The molecule has 15 heavy (non-hydrogen) atoms. The molecule has 0 aromatic rings. The molecule has 0 aromatic carbocycles. The number of nitrogens with one attached hydrogen (secondary N) is 1. The van der Waals surface area contributed by atoms with Crippen LogP contribution in [0.2, 0.25) is 0 Å². The molecular formula is C11H18N2O2. The van der Waals surface area contributed by atoms with Crippen LogP contribution in [0, 0.1) is 17.8 Å². The van der Waals surface area contributed by atoms with E-state index in [0.29, 0.717) is 12.5 Å². The van der Waals surface area contributed by atoms with Crippen LogP contribution in [0.3, 0.4) is 0 Å². The minimum Gasteiger partial charge on any atom is -0.312 e. The normalized spacial score (nSPS) is 35.5. The number of carbonyl (C=O) groups excluding carboxylic acids is 2. The summed E-state index contributed by atoms with van der Waals surface area (Å²) in [6.07, 6.45) is 0.966. The zero-order valence-electron chi connectivity index (χ0n) is 9.49. The van der Waals surface area contributed by atoms with E-state index in [1.54, 1.807) is 7.05 Å². The largest absolute Gasteiger partial charge is 0.312 e. The van der Waals surface area contributed by atoms with Gasteiger partial charge in [0.1, 0.15) is 0 Å². The predicted molar refractivity (Wildman–Crippen MR) is 56.0 cm³/mol. The second kappa shape index (κ2) is 3.59. The predicted octanol–water partition coefficient (Wildman–Crippen LogP) is 0.235. The molecule has 2 aliphatic rings. The van der Waals surface area contributed by atoms with Gasteiger partial charge in [-0.05, 0) is 12.3 Å². The molecule has 0 radical (unpaired) electrons. The average Bonchev–Trinajstić information content (AvgIpc) is 2.64. The van der Waals surface area contributed by atoms with Crippen molar-refractivity contribution < 1.29 is 9.59 Å². The summed E-state index contributed by atoms with van der Waals surface area (Å²) in [4.78, 5) is 24.8. The Balaban J connectivity index is 2.15. The number of amides is 2. The van der Waals surface area contributed by atoms with Gasteiger partial charge in [0.25, 0.3) is 0 Å². The molecule has 1 N–H and O–H groups in total. The summed E-state index contributed by atoms with van der Waals surface area (Å²) < 4.78 is 0. The fraction of sp³-hybridized carbons (Fsp3) is 0.818. The summed E-state index contributed by atoms with van der Waals surface area (Å²) in [6.45, 7) is 4.94. The lowest BCUT2D eigenvalue weighted by molar-refractivity contribution is -0.138. The Hall–Kier alpha value is -0.900. The van der Waals surface area contributed by atoms with Gasteiger partial charge in [-0.2, -0.15) is 0 Å². The monoisotopic (exact) mass is 210 g/mol. The van der Waals surface area contributed by atoms with E-state index in [9.17, 15) is 9.59 Å². The van der Waals surface area contributed by atoms with E-state index in [4.69, 9.17) is 0 Å². The molecule has 84 valence electrons. The summed E-state index contributed by atoms with van der Waals surface area (Å²) in [6, 6.07) is 0.191. The Morgan fingerprint density at radius 2 is 2.07 bits per heavy atom. The van der Waals surface area contributed by atoms with Crippen LogP contribution in [-0.4, -0.2) is 36.3 Å². The molecule has 0 spiro atoms. The van der Waals surface area contributed by atoms with Crippen LogP contribution in [0.1, 0.15) is 20.3 Å². The molecular weight excluding hydrogens is 192 g/mol. The standard InChI is InChI=1S/C11H18N2O2/c1-6(2)4-8-9-7(5-12-8)10(14)13(3)11(9)15/h6-9,12H,4-5H2,1-3H3/t7-,8+,9+/m1/s1. The maximum Gasteiger partial charge on any atom is 0.234 e. The molecule has 0 bridgehead atoms. The van der Waals surface area contributed by atoms with Gasteiger partial charge < -0.3 is 5.32 Å². The van der Waals surface area contributed by atoms with Gasteiger partial charge in [-0.3, -0.25) is 14.5 Å². The van der Waals surface area contributed by atoms with Gasteiger partial charge in [0.15, 0.2) is 0 Å². The van der Waals surface area contributed by atoms with Crippen LogP contribution < -0.4 is 5.32 Å². The molecule has 2 amide bonds. The van der Waals surface area contributed by atoms with Gasteiger partial charge in [-0.15, -0.1) is 0 Å². The lowest BCUT2D eigenvalue weighted by Crippen LogP contribution is -2.37. The summed E-state index contributed by atoms with van der Waals surface area (Å²) in [5.74, 6) is 0.329. The van der Waals surface area contributed by atoms with Gasteiger partial charge >= 0.3 is 0 Å². The first-order chi connectivity index (χ1) is 7.02. The molecule has 2 saturated heterocycles. The minimum atomic E-state index is -0.107. The Morgan fingerprint density at radius 3 is 2.67 bits per heavy atom. The highest BCUT2D eigenvalue weighted by atomic mass is 16.2. The second-order valence-electron chi connectivity index (χ2n) is 5.01. The van der Waals surface area contributed by atoms with Crippen LogP contribution >= 0.6 is 0 Å². The average molecular weight is 210 g/mol. The first kappa shape index (κ1) is 10.6. The highest BCUT2D eigenvalue weighted by Gasteiger charge is 2.52. The van der Waals surface area contributed by atoms with E-state index in [-0.39, 0.29) is 29.7 Å². The van der Waals surface area contributed by atoms with E-state index in [2.05, 4.69) is 19.2 Å². The zero-order chi connectivity index (χ0) is 11.2. The van der Waals surface area contributed by atoms with Crippen molar-refractivity contribution in [1.82, 2.24) is 10.2 Å². The van der Waals surface area contributed by atoms with Crippen molar-refractivity contribution in [3.05, 3.63) is 0 Å². The smallest absolute Gasteiger partial charge is 0.234 e. The fourth-order valence-electron chi connectivity index (χ4n) is 2.72. The number of rotatable bonds is 2. The summed E-state index contributed by atoms with van der Waals surface area (Å²) >= 11 is 0. The highest BCUT2D eigenvalue weighted by molar-refractivity contribution is 6.05. The van der Waals surface area contributed by atoms with Gasteiger partial charge in [0.2, 0.25) is 11.8 Å². The van der Waals surface area contributed by atoms with Crippen LogP contribution in [-0.2, 0) is 9.59 Å². The first-order valence-electron chi connectivity index (χ1n) is 5.57. The lowest BCUT2D eigenvalue weighted by atomic mass is 9.88. The molecule has 0 unspecified atom stereocenters. The van der Waals surface area contributed by atoms with Crippen molar-refractivity contribution in [3.8, 4) is 0 Å². The van der Waals surface area contributed by atoms with Crippen LogP contribution in [0.25, 0.3) is 0 Å². The number of hydrogen-bond acceptors (Lipinski definition) is 3. The van der Waals surface area contributed by atoms with E-state index in [0.717, 1.165) is 6.42 Å². The van der Waals surface area contributed by atoms with Crippen molar-refractivity contribution in [2.45, 2.75) is 26.3 Å². The van der Waals surface area contributed by atoms with Crippen molar-refractivity contribution in [1.29, 1.82) is 0 Å². The molecule has 2 aliphatic heterocycles. The van der Waals surface area contributed by atoms with Crippen molar-refractivity contribution >= 4 is 11.8 Å². The quantitative estimate of drug-likeness (QED) is 0.664. The summed E-state index contributed by atoms with van der Waals surface area (Å²) in [5.41, 5.74) is 0. The van der Waals surface area contributed by atoms with Crippen LogP contribution in [0.5, 0.6) is 0 Å². The topological polar surface area (TPSA) is 49.4 Å². The molecule has 4 heteroatoms. The molecule has 4 nitrogen and oxygen atoms in total.